The largest absolute Gasteiger partial charge is 0.296 e. The van der Waals surface area contributed by atoms with Crippen LogP contribution in [0.4, 0.5) is 22.7 Å². The van der Waals surface area contributed by atoms with Gasteiger partial charge in [0.2, 0.25) is 0 Å². The van der Waals surface area contributed by atoms with E-state index in [1.54, 1.807) is 0 Å². The lowest BCUT2D eigenvalue weighted by Crippen LogP contribution is -2.22. The molecule has 0 radical (unpaired) electrons. The molecule has 4 heteroatoms. The van der Waals surface area contributed by atoms with Crippen molar-refractivity contribution in [3.63, 3.8) is 0 Å². The quantitative estimate of drug-likeness (QED) is 0.195. The number of hydrogen-bond donors (Lipinski definition) is 0. The van der Waals surface area contributed by atoms with E-state index in [1.807, 2.05) is 0 Å². The summed E-state index contributed by atoms with van der Waals surface area (Å²) in [4.78, 5) is 0. The summed E-state index contributed by atoms with van der Waals surface area (Å²) in [6.07, 6.45) is 0. The summed E-state index contributed by atoms with van der Waals surface area (Å²) in [5.41, 5.74) is 10.2. The third-order valence-corrected chi connectivity index (χ3v) is 10.4. The number of para-hydroxylation sites is 1. The molecule has 0 aromatic heterocycles. The van der Waals surface area contributed by atoms with Crippen molar-refractivity contribution in [2.24, 2.45) is 0 Å². The molecule has 6 aromatic carbocycles. The lowest BCUT2D eigenvalue weighted by Gasteiger charge is -2.33. The van der Waals surface area contributed by atoms with Gasteiger partial charge in [-0.05, 0) is 64.0 Å². The van der Waals surface area contributed by atoms with Crippen LogP contribution in [0.1, 0.15) is 0 Å². The minimum absolute atomic E-state index is 0.944. The molecular weight excluding hydrogens is 547 g/mol. The summed E-state index contributed by atoms with van der Waals surface area (Å²) >= 11 is 3.76. The molecule has 180 valence electrons. The Hall–Kier alpha value is -3.91. The summed E-state index contributed by atoms with van der Waals surface area (Å²) in [7, 11) is -0.944. The van der Waals surface area contributed by atoms with Gasteiger partial charge in [-0.2, -0.15) is 0 Å². The maximum atomic E-state index is 3.76. The molecule has 2 nitrogen and oxygen atoms in total. The molecule has 2 aliphatic rings. The van der Waals surface area contributed by atoms with Crippen LogP contribution < -0.4 is 14.6 Å². The number of halogens is 1. The summed E-state index contributed by atoms with van der Waals surface area (Å²) in [6.45, 7) is 0. The first-order valence-corrected chi connectivity index (χ1v) is 14.8. The highest BCUT2D eigenvalue weighted by molar-refractivity contribution is 9.10. The zero-order valence-corrected chi connectivity index (χ0v) is 22.9. The van der Waals surface area contributed by atoms with Gasteiger partial charge >= 0.3 is 0 Å². The van der Waals surface area contributed by atoms with Gasteiger partial charge in [0.1, 0.15) is 8.22 Å². The highest BCUT2D eigenvalue weighted by atomic mass is 79.9. The summed E-state index contributed by atoms with van der Waals surface area (Å²) in [6, 6.07) is 48.7. The van der Waals surface area contributed by atoms with Crippen LogP contribution in [-0.2, 0) is 0 Å². The van der Waals surface area contributed by atoms with Crippen molar-refractivity contribution >= 4 is 63.0 Å². The maximum Gasteiger partial charge on any atom is 0.138 e. The standard InChI is InChI=1S/C34H22BrN2P/c35-23-18-20-32-33(22-23)36(24-10-3-1-4-11-24)38(25-12-5-2-6-13-25)37(32)31-21-19-29-27-15-8-7-14-26(27)28-16-9-17-30(31)34(28)29/h1-22H. The molecule has 0 spiro atoms. The Morgan fingerprint density at radius 1 is 0.474 bits per heavy atom. The van der Waals surface area contributed by atoms with Gasteiger partial charge in [0.15, 0.2) is 0 Å². The molecule has 0 amide bonds. The van der Waals surface area contributed by atoms with Gasteiger partial charge in [-0.15, -0.1) is 0 Å². The molecule has 1 aliphatic heterocycles. The average Bonchev–Trinajstić information content (AvgIpc) is 3.48. The summed E-state index contributed by atoms with van der Waals surface area (Å²) < 4.78 is 6.20. The second kappa shape index (κ2) is 8.56. The van der Waals surface area contributed by atoms with Gasteiger partial charge < -0.3 is 0 Å². The highest BCUT2D eigenvalue weighted by Crippen LogP contribution is 2.66. The molecule has 6 aromatic rings. The van der Waals surface area contributed by atoms with E-state index in [0.29, 0.717) is 0 Å². The van der Waals surface area contributed by atoms with Gasteiger partial charge in [0, 0.05) is 20.9 Å². The normalized spacial score (nSPS) is 15.1. The first kappa shape index (κ1) is 22.1. The van der Waals surface area contributed by atoms with Gasteiger partial charge in [0.05, 0.1) is 17.1 Å². The zero-order valence-electron chi connectivity index (χ0n) is 20.4. The second-order valence-corrected chi connectivity index (χ2v) is 12.4. The molecule has 0 saturated carbocycles. The predicted octanol–water partition coefficient (Wildman–Crippen LogP) is 10.2. The summed E-state index contributed by atoms with van der Waals surface area (Å²) in [5.74, 6) is 0. The molecular formula is C34H22BrN2P. The number of anilines is 4. The Balaban J connectivity index is 1.43. The first-order chi connectivity index (χ1) is 18.8. The first-order valence-electron chi connectivity index (χ1n) is 12.7. The average molecular weight is 569 g/mol. The minimum atomic E-state index is -0.944. The topological polar surface area (TPSA) is 6.48 Å². The zero-order chi connectivity index (χ0) is 25.2. The van der Waals surface area contributed by atoms with Crippen LogP contribution in [0.25, 0.3) is 33.0 Å². The van der Waals surface area contributed by atoms with E-state index in [1.165, 1.54) is 61.1 Å². The van der Waals surface area contributed by atoms with Crippen LogP contribution in [-0.4, -0.2) is 0 Å². The lowest BCUT2D eigenvalue weighted by molar-refractivity contribution is 1.44. The molecule has 0 fully saturated rings. The Morgan fingerprint density at radius 3 is 1.87 bits per heavy atom. The lowest BCUT2D eigenvalue weighted by atomic mass is 10.0. The fraction of sp³-hybridized carbons (Fsp3) is 0. The highest BCUT2D eigenvalue weighted by Gasteiger charge is 2.40. The van der Waals surface area contributed by atoms with Gasteiger partial charge in [-0.1, -0.05) is 113 Å². The van der Waals surface area contributed by atoms with Crippen LogP contribution in [0.2, 0.25) is 0 Å². The van der Waals surface area contributed by atoms with Crippen molar-refractivity contribution in [2.45, 2.75) is 0 Å². The predicted molar refractivity (Wildman–Crippen MR) is 166 cm³/mol. The van der Waals surface area contributed by atoms with Crippen molar-refractivity contribution < 1.29 is 0 Å². The number of benzene rings is 6. The van der Waals surface area contributed by atoms with E-state index in [9.17, 15) is 0 Å². The van der Waals surface area contributed by atoms with Gasteiger partial charge in [0.25, 0.3) is 0 Å². The van der Waals surface area contributed by atoms with Crippen LogP contribution in [0.3, 0.4) is 0 Å². The van der Waals surface area contributed by atoms with Crippen molar-refractivity contribution in [3.8, 4) is 22.3 Å². The summed E-state index contributed by atoms with van der Waals surface area (Å²) in [5, 5.41) is 3.96. The fourth-order valence-corrected chi connectivity index (χ4v) is 8.86. The van der Waals surface area contributed by atoms with Crippen molar-refractivity contribution in [2.75, 3.05) is 9.34 Å². The molecule has 0 saturated heterocycles. The Labute approximate surface area is 231 Å². The molecule has 1 aliphatic carbocycles. The van der Waals surface area contributed by atoms with E-state index in [2.05, 4.69) is 159 Å². The van der Waals surface area contributed by atoms with E-state index >= 15 is 0 Å². The maximum absolute atomic E-state index is 3.76. The number of hydrogen-bond acceptors (Lipinski definition) is 2. The van der Waals surface area contributed by atoms with Crippen LogP contribution in [0.5, 0.6) is 0 Å². The number of rotatable bonds is 3. The Kier molecular flexibility index (Phi) is 4.98. The van der Waals surface area contributed by atoms with E-state index in [0.717, 1.165) is 4.47 Å². The number of nitrogens with zero attached hydrogens (tertiary/aromatic N) is 2. The van der Waals surface area contributed by atoms with Crippen molar-refractivity contribution in [3.05, 3.63) is 138 Å². The SMILES string of the molecule is Brc1ccc2c(c1)N(c1ccccc1)P(c1ccccc1)N2c1ccc2c3c(cccc13)-c1ccccc1-2. The Bertz CT molecular complexity index is 1820. The smallest absolute Gasteiger partial charge is 0.138 e. The third kappa shape index (κ3) is 3.16. The van der Waals surface area contributed by atoms with Gasteiger partial charge in [-0.25, -0.2) is 0 Å². The molecule has 1 atom stereocenters. The molecule has 0 bridgehead atoms. The molecule has 1 heterocycles. The molecule has 0 N–H and O–H groups in total. The van der Waals surface area contributed by atoms with E-state index < -0.39 is 8.22 Å². The monoisotopic (exact) mass is 568 g/mol. The molecule has 8 rings (SSSR count). The van der Waals surface area contributed by atoms with Crippen LogP contribution >= 0.6 is 24.2 Å². The van der Waals surface area contributed by atoms with Gasteiger partial charge in [-0.3, -0.25) is 9.34 Å². The van der Waals surface area contributed by atoms with Crippen LogP contribution in [0.15, 0.2) is 138 Å². The van der Waals surface area contributed by atoms with Crippen molar-refractivity contribution in [1.29, 1.82) is 0 Å². The fourth-order valence-electron chi connectivity index (χ4n) is 5.96. The van der Waals surface area contributed by atoms with E-state index in [4.69, 9.17) is 0 Å². The Morgan fingerprint density at radius 2 is 1.11 bits per heavy atom. The number of fused-ring (bicyclic) bond motifs is 4. The third-order valence-electron chi connectivity index (χ3n) is 7.51. The second-order valence-electron chi connectivity index (χ2n) is 9.62. The molecule has 38 heavy (non-hydrogen) atoms. The molecule has 1 unspecified atom stereocenters. The van der Waals surface area contributed by atoms with E-state index in [-0.39, 0.29) is 0 Å². The van der Waals surface area contributed by atoms with Crippen LogP contribution in [0, 0.1) is 0 Å². The van der Waals surface area contributed by atoms with Crippen molar-refractivity contribution in [1.82, 2.24) is 0 Å². The minimum Gasteiger partial charge on any atom is -0.296 e.